The van der Waals surface area contributed by atoms with Crippen LogP contribution in [0.5, 0.6) is 11.5 Å². The van der Waals surface area contributed by atoms with Gasteiger partial charge in [0.25, 0.3) is 10.0 Å². The van der Waals surface area contributed by atoms with Gasteiger partial charge in [0.05, 0.1) is 19.7 Å². The molecule has 2 aromatic carbocycles. The molecule has 0 saturated heterocycles. The average molecular weight is 452 g/mol. The molecule has 0 aliphatic rings. The lowest BCUT2D eigenvalue weighted by atomic mass is 10.0. The molecule has 2 aromatic heterocycles. The number of nitrogens with one attached hydrogen (secondary N) is 1. The summed E-state index contributed by atoms with van der Waals surface area (Å²) in [4.78, 5) is 4.13. The van der Waals surface area contributed by atoms with Crippen molar-refractivity contribution >= 4 is 20.9 Å². The summed E-state index contributed by atoms with van der Waals surface area (Å²) >= 11 is 0. The normalized spacial score (nSPS) is 11.6. The van der Waals surface area contributed by atoms with Gasteiger partial charge < -0.3 is 14.8 Å². The second kappa shape index (κ2) is 9.02. The van der Waals surface area contributed by atoms with Crippen LogP contribution in [-0.4, -0.2) is 38.6 Å². The Morgan fingerprint density at radius 1 is 1.03 bits per heavy atom. The highest BCUT2D eigenvalue weighted by Crippen LogP contribution is 2.30. The molecule has 1 N–H and O–H groups in total. The summed E-state index contributed by atoms with van der Waals surface area (Å²) in [5.41, 5.74) is 3.49. The number of aromatic nitrogens is 2. The van der Waals surface area contributed by atoms with Gasteiger partial charge in [-0.3, -0.25) is 4.98 Å². The quantitative estimate of drug-likeness (QED) is 0.441. The van der Waals surface area contributed by atoms with Crippen LogP contribution >= 0.6 is 0 Å². The first-order valence-electron chi connectivity index (χ1n) is 10.1. The molecule has 0 saturated carbocycles. The summed E-state index contributed by atoms with van der Waals surface area (Å²) < 4.78 is 38.9. The SMILES string of the molecule is CNCc1cn(S(=O)(=O)c2cccnc2)c2cc(Cc3ccc(OC)cc3OC)ccc12. The molecule has 0 fully saturated rings. The second-order valence-corrected chi connectivity index (χ2v) is 9.20. The highest BCUT2D eigenvalue weighted by Gasteiger charge is 2.22. The monoisotopic (exact) mass is 451 g/mol. The van der Waals surface area contributed by atoms with Crippen molar-refractivity contribution in [3.8, 4) is 11.5 Å². The maximum absolute atomic E-state index is 13.4. The van der Waals surface area contributed by atoms with Crippen molar-refractivity contribution < 1.29 is 17.9 Å². The van der Waals surface area contributed by atoms with E-state index in [1.165, 1.54) is 10.2 Å². The van der Waals surface area contributed by atoms with Gasteiger partial charge in [-0.15, -0.1) is 0 Å². The molecule has 0 unspecified atom stereocenters. The second-order valence-electron chi connectivity index (χ2n) is 7.38. The average Bonchev–Trinajstić information content (AvgIpc) is 3.18. The van der Waals surface area contributed by atoms with Crippen molar-refractivity contribution in [1.29, 1.82) is 0 Å². The molecule has 4 rings (SSSR count). The first-order valence-corrected chi connectivity index (χ1v) is 11.6. The molecule has 8 heteroatoms. The third-order valence-electron chi connectivity index (χ3n) is 5.37. The molecule has 0 atom stereocenters. The standard InChI is InChI=1S/C24H25N3O4S/c1-25-14-19-16-27(32(28,29)21-5-4-10-26-15-21)23-12-17(6-9-22(19)23)11-18-7-8-20(30-2)13-24(18)31-3/h4-10,12-13,15-16,25H,11,14H2,1-3H3. The van der Waals surface area contributed by atoms with Crippen LogP contribution in [0.3, 0.4) is 0 Å². The maximum Gasteiger partial charge on any atom is 0.269 e. The Morgan fingerprint density at radius 2 is 1.88 bits per heavy atom. The summed E-state index contributed by atoms with van der Waals surface area (Å²) in [7, 11) is 1.28. The van der Waals surface area contributed by atoms with Gasteiger partial charge in [-0.1, -0.05) is 18.2 Å². The fourth-order valence-corrected chi connectivity index (χ4v) is 5.13. The Bertz CT molecular complexity index is 1350. The van der Waals surface area contributed by atoms with E-state index in [1.807, 2.05) is 43.4 Å². The molecule has 0 radical (unpaired) electrons. The van der Waals surface area contributed by atoms with E-state index in [0.29, 0.717) is 24.2 Å². The summed E-state index contributed by atoms with van der Waals surface area (Å²) in [6, 6.07) is 14.8. The summed E-state index contributed by atoms with van der Waals surface area (Å²) in [5.74, 6) is 1.44. The Kier molecular flexibility index (Phi) is 6.16. The highest BCUT2D eigenvalue weighted by molar-refractivity contribution is 7.90. The number of rotatable bonds is 8. The van der Waals surface area contributed by atoms with Gasteiger partial charge in [-0.2, -0.15) is 0 Å². The van der Waals surface area contributed by atoms with E-state index in [2.05, 4.69) is 10.3 Å². The fourth-order valence-electron chi connectivity index (χ4n) is 3.78. The number of pyridine rings is 1. The lowest BCUT2D eigenvalue weighted by Crippen LogP contribution is -2.12. The van der Waals surface area contributed by atoms with Gasteiger partial charge in [0.2, 0.25) is 0 Å². The van der Waals surface area contributed by atoms with Gasteiger partial charge in [0, 0.05) is 43.0 Å². The third-order valence-corrected chi connectivity index (χ3v) is 7.02. The minimum Gasteiger partial charge on any atom is -0.497 e. The molecule has 166 valence electrons. The van der Waals surface area contributed by atoms with Crippen molar-refractivity contribution in [1.82, 2.24) is 14.3 Å². The maximum atomic E-state index is 13.4. The topological polar surface area (TPSA) is 82.5 Å². The van der Waals surface area contributed by atoms with Gasteiger partial charge in [-0.05, 0) is 48.0 Å². The summed E-state index contributed by atoms with van der Waals surface area (Å²) in [6.45, 7) is 0.553. The zero-order chi connectivity index (χ0) is 22.7. The van der Waals surface area contributed by atoms with E-state index in [9.17, 15) is 8.42 Å². The zero-order valence-corrected chi connectivity index (χ0v) is 19.0. The van der Waals surface area contributed by atoms with E-state index in [0.717, 1.165) is 27.8 Å². The van der Waals surface area contributed by atoms with Gasteiger partial charge in [0.15, 0.2) is 0 Å². The molecule has 4 aromatic rings. The predicted octanol–water partition coefficient (Wildman–Crippen LogP) is 3.60. The molecular formula is C24H25N3O4S. The van der Waals surface area contributed by atoms with Crippen LogP contribution < -0.4 is 14.8 Å². The molecule has 0 spiro atoms. The number of methoxy groups -OCH3 is 2. The summed E-state index contributed by atoms with van der Waals surface area (Å²) in [5, 5.41) is 4.00. The highest BCUT2D eigenvalue weighted by atomic mass is 32.2. The van der Waals surface area contributed by atoms with Crippen LogP contribution in [0, 0.1) is 0 Å². The zero-order valence-electron chi connectivity index (χ0n) is 18.2. The molecule has 2 heterocycles. The fraction of sp³-hybridized carbons (Fsp3) is 0.208. The number of ether oxygens (including phenoxy) is 2. The molecule has 32 heavy (non-hydrogen) atoms. The lowest BCUT2D eigenvalue weighted by Gasteiger charge is -2.11. The lowest BCUT2D eigenvalue weighted by molar-refractivity contribution is 0.391. The molecule has 0 amide bonds. The van der Waals surface area contributed by atoms with Crippen LogP contribution in [-0.2, 0) is 23.0 Å². The van der Waals surface area contributed by atoms with Gasteiger partial charge >= 0.3 is 0 Å². The Hall–Kier alpha value is -3.36. The van der Waals surface area contributed by atoms with Crippen LogP contribution in [0.4, 0.5) is 0 Å². The smallest absolute Gasteiger partial charge is 0.269 e. The Morgan fingerprint density at radius 3 is 2.56 bits per heavy atom. The van der Waals surface area contributed by atoms with Crippen molar-refractivity contribution in [3.05, 3.63) is 83.8 Å². The number of hydrogen-bond acceptors (Lipinski definition) is 6. The summed E-state index contributed by atoms with van der Waals surface area (Å²) in [6.07, 6.45) is 5.19. The van der Waals surface area contributed by atoms with Crippen molar-refractivity contribution in [2.24, 2.45) is 0 Å². The van der Waals surface area contributed by atoms with Gasteiger partial charge in [0.1, 0.15) is 16.4 Å². The van der Waals surface area contributed by atoms with Crippen molar-refractivity contribution in [2.75, 3.05) is 21.3 Å². The minimum atomic E-state index is -3.79. The Labute approximate surface area is 187 Å². The first-order chi connectivity index (χ1) is 15.5. The van der Waals surface area contributed by atoms with Crippen molar-refractivity contribution in [3.63, 3.8) is 0 Å². The number of nitrogens with zero attached hydrogens (tertiary/aromatic N) is 2. The van der Waals surface area contributed by atoms with E-state index in [4.69, 9.17) is 9.47 Å². The molecule has 7 nitrogen and oxygen atoms in total. The van der Waals surface area contributed by atoms with Crippen LogP contribution in [0.25, 0.3) is 10.9 Å². The van der Waals surface area contributed by atoms with E-state index in [1.54, 1.807) is 38.7 Å². The molecule has 0 bridgehead atoms. The van der Waals surface area contributed by atoms with Crippen LogP contribution in [0.1, 0.15) is 16.7 Å². The van der Waals surface area contributed by atoms with E-state index in [-0.39, 0.29) is 4.90 Å². The molecule has 0 aliphatic heterocycles. The number of fused-ring (bicyclic) bond motifs is 1. The van der Waals surface area contributed by atoms with Crippen molar-refractivity contribution in [2.45, 2.75) is 17.9 Å². The number of benzene rings is 2. The number of hydrogen-bond donors (Lipinski definition) is 1. The first kappa shape index (κ1) is 21.9. The molecular weight excluding hydrogens is 426 g/mol. The van der Waals surface area contributed by atoms with Crippen LogP contribution in [0.15, 0.2) is 72.0 Å². The third kappa shape index (κ3) is 4.06. The predicted molar refractivity (Wildman–Crippen MR) is 124 cm³/mol. The molecule has 0 aliphatic carbocycles. The van der Waals surface area contributed by atoms with E-state index < -0.39 is 10.0 Å². The van der Waals surface area contributed by atoms with Gasteiger partial charge in [-0.25, -0.2) is 12.4 Å². The van der Waals surface area contributed by atoms with Crippen LogP contribution in [0.2, 0.25) is 0 Å². The minimum absolute atomic E-state index is 0.148. The largest absolute Gasteiger partial charge is 0.497 e. The van der Waals surface area contributed by atoms with E-state index >= 15 is 0 Å². The Balaban J connectivity index is 1.82.